The number of hydrogen-bond donors (Lipinski definition) is 4. The van der Waals surface area contributed by atoms with Gasteiger partial charge in [-0.05, 0) is 56.5 Å². The van der Waals surface area contributed by atoms with Gasteiger partial charge in [0.1, 0.15) is 23.7 Å². The first-order valence-electron chi connectivity index (χ1n) is 13.1. The lowest BCUT2D eigenvalue weighted by atomic mass is 9.85. The van der Waals surface area contributed by atoms with Gasteiger partial charge < -0.3 is 24.7 Å². The molecule has 0 radical (unpaired) electrons. The van der Waals surface area contributed by atoms with E-state index in [1.807, 2.05) is 90.1 Å². The van der Waals surface area contributed by atoms with Crippen molar-refractivity contribution in [3.8, 4) is 22.5 Å². The summed E-state index contributed by atoms with van der Waals surface area (Å²) in [5, 5.41) is 27.0. The van der Waals surface area contributed by atoms with Gasteiger partial charge in [0.15, 0.2) is 6.29 Å². The number of nitrogens with one attached hydrogen (secondary N) is 2. The van der Waals surface area contributed by atoms with Crippen LogP contribution < -0.4 is 10.6 Å². The van der Waals surface area contributed by atoms with Gasteiger partial charge in [-0.2, -0.15) is 0 Å². The third-order valence-electron chi connectivity index (χ3n) is 6.33. The predicted octanol–water partition coefficient (Wildman–Crippen LogP) is 5.29. The molecule has 3 rings (SSSR count). The van der Waals surface area contributed by atoms with Gasteiger partial charge in [-0.3, -0.25) is 10.1 Å². The number of likely N-dealkylation sites (N-methyl/N-ethyl adjacent to an activating group) is 1. The van der Waals surface area contributed by atoms with Crippen LogP contribution in [0.2, 0.25) is 0 Å². The first kappa shape index (κ1) is 29.6. The number of aliphatic hydroxyl groups is 2. The molecule has 0 saturated heterocycles. The summed E-state index contributed by atoms with van der Waals surface area (Å²) in [6.07, 6.45) is -2.15. The van der Waals surface area contributed by atoms with Crippen molar-refractivity contribution >= 4 is 5.91 Å². The number of carbonyl (C=O) groups excluding carboxylic acids is 1. The number of hydrogen-bond acceptors (Lipinski definition) is 6. The first-order chi connectivity index (χ1) is 17.8. The van der Waals surface area contributed by atoms with Gasteiger partial charge in [0, 0.05) is 12.0 Å². The molecule has 0 aliphatic carbocycles. The maximum absolute atomic E-state index is 13.6. The van der Waals surface area contributed by atoms with Crippen molar-refractivity contribution in [3.05, 3.63) is 72.5 Å². The third-order valence-corrected chi connectivity index (χ3v) is 6.33. The zero-order valence-electron chi connectivity index (χ0n) is 23.5. The number of rotatable bonds is 10. The van der Waals surface area contributed by atoms with E-state index >= 15 is 0 Å². The van der Waals surface area contributed by atoms with Gasteiger partial charge in [-0.15, -0.1) is 0 Å². The normalized spacial score (nSPS) is 15.5. The molecule has 2 aromatic carbocycles. The Morgan fingerprint density at radius 3 is 2.00 bits per heavy atom. The summed E-state index contributed by atoms with van der Waals surface area (Å²) in [6, 6.07) is 21.2. The maximum Gasteiger partial charge on any atom is 0.231 e. The molecule has 0 bridgehead atoms. The molecule has 0 aliphatic rings. The van der Waals surface area contributed by atoms with Crippen LogP contribution in [0.5, 0.6) is 0 Å². The Bertz CT molecular complexity index is 1160. The van der Waals surface area contributed by atoms with Gasteiger partial charge in [0.2, 0.25) is 5.91 Å². The molecule has 0 aliphatic heterocycles. The molecular formula is C31H42N2O5. The molecule has 1 amide bonds. The van der Waals surface area contributed by atoms with E-state index in [1.165, 1.54) is 0 Å². The fraction of sp³-hybridized carbons (Fsp3) is 0.452. The van der Waals surface area contributed by atoms with Crippen LogP contribution in [-0.2, 0) is 9.53 Å². The molecule has 3 unspecified atom stereocenters. The highest BCUT2D eigenvalue weighted by molar-refractivity contribution is 5.83. The van der Waals surface area contributed by atoms with Crippen molar-refractivity contribution in [2.75, 3.05) is 7.05 Å². The summed E-state index contributed by atoms with van der Waals surface area (Å²) in [7, 11) is 1.63. The predicted molar refractivity (Wildman–Crippen MR) is 150 cm³/mol. The molecule has 0 fully saturated rings. The van der Waals surface area contributed by atoms with E-state index in [2.05, 4.69) is 22.8 Å². The topological polar surface area (TPSA) is 104 Å². The van der Waals surface area contributed by atoms with Crippen LogP contribution in [0.1, 0.15) is 59.6 Å². The average molecular weight is 523 g/mol. The lowest BCUT2D eigenvalue weighted by Gasteiger charge is -2.36. The second-order valence-electron chi connectivity index (χ2n) is 11.7. The summed E-state index contributed by atoms with van der Waals surface area (Å²) in [4.78, 5) is 13.6. The number of furan rings is 1. The summed E-state index contributed by atoms with van der Waals surface area (Å²) in [5.74, 6) is -0.172. The minimum absolute atomic E-state index is 0.00445. The lowest BCUT2D eigenvalue weighted by Crippen LogP contribution is -2.56. The monoisotopic (exact) mass is 522 g/mol. The van der Waals surface area contributed by atoms with Crippen molar-refractivity contribution in [2.45, 2.75) is 78.0 Å². The van der Waals surface area contributed by atoms with Crippen molar-refractivity contribution in [1.29, 1.82) is 0 Å². The second-order valence-corrected chi connectivity index (χ2v) is 11.7. The van der Waals surface area contributed by atoms with E-state index in [-0.39, 0.29) is 12.3 Å². The number of amides is 1. The molecule has 0 spiro atoms. The summed E-state index contributed by atoms with van der Waals surface area (Å²) >= 11 is 0. The van der Waals surface area contributed by atoms with Crippen LogP contribution in [0.3, 0.4) is 0 Å². The van der Waals surface area contributed by atoms with Gasteiger partial charge in [0.05, 0.1) is 11.6 Å². The fourth-order valence-electron chi connectivity index (χ4n) is 4.35. The Balaban J connectivity index is 1.88. The molecule has 7 heteroatoms. The van der Waals surface area contributed by atoms with Gasteiger partial charge in [-0.1, -0.05) is 75.4 Å². The van der Waals surface area contributed by atoms with Crippen LogP contribution in [0, 0.1) is 5.41 Å². The third kappa shape index (κ3) is 8.01. The Kier molecular flexibility index (Phi) is 9.54. The summed E-state index contributed by atoms with van der Waals surface area (Å²) < 4.78 is 11.9. The summed E-state index contributed by atoms with van der Waals surface area (Å²) in [5.41, 5.74) is 2.07. The lowest BCUT2D eigenvalue weighted by molar-refractivity contribution is -0.173. The van der Waals surface area contributed by atoms with E-state index in [9.17, 15) is 15.0 Å². The van der Waals surface area contributed by atoms with E-state index in [0.717, 1.165) is 16.7 Å². The van der Waals surface area contributed by atoms with Gasteiger partial charge >= 0.3 is 0 Å². The number of aliphatic hydroxyl groups excluding tert-OH is 2. The quantitative estimate of drug-likeness (QED) is 0.270. The van der Waals surface area contributed by atoms with Crippen LogP contribution >= 0.6 is 0 Å². The number of ether oxygens (including phenoxy) is 1. The zero-order valence-corrected chi connectivity index (χ0v) is 23.5. The minimum atomic E-state index is -1.19. The van der Waals surface area contributed by atoms with E-state index in [1.54, 1.807) is 13.1 Å². The van der Waals surface area contributed by atoms with Gasteiger partial charge in [0.25, 0.3) is 0 Å². The molecular weight excluding hydrogens is 480 g/mol. The van der Waals surface area contributed by atoms with Crippen molar-refractivity contribution < 1.29 is 24.2 Å². The zero-order chi connectivity index (χ0) is 28.1. The Hall–Kier alpha value is -2.97. The maximum atomic E-state index is 13.6. The van der Waals surface area contributed by atoms with Crippen molar-refractivity contribution in [3.63, 3.8) is 0 Å². The number of carbonyl (C=O) groups is 1. The molecule has 4 N–H and O–H groups in total. The second kappa shape index (κ2) is 12.3. The van der Waals surface area contributed by atoms with E-state index < -0.39 is 35.5 Å². The average Bonchev–Trinajstić information content (AvgIpc) is 3.34. The molecule has 206 valence electrons. The Morgan fingerprint density at radius 2 is 1.45 bits per heavy atom. The van der Waals surface area contributed by atoms with Crippen LogP contribution in [-0.4, -0.2) is 47.3 Å². The summed E-state index contributed by atoms with van der Waals surface area (Å²) in [6.45, 7) is 11.3. The van der Waals surface area contributed by atoms with Crippen LogP contribution in [0.4, 0.5) is 0 Å². The fourth-order valence-corrected chi connectivity index (χ4v) is 4.35. The van der Waals surface area contributed by atoms with Crippen LogP contribution in [0.15, 0.2) is 71.1 Å². The molecule has 4 atom stereocenters. The molecule has 38 heavy (non-hydrogen) atoms. The standard InChI is InChI=1S/C31H42N2O5/c1-30(2,3)27(29(36)32-7)33-28(35)23(19-26(34)38-31(4,5)6)25-18-17-24(37-25)22-15-13-21(14-16-22)20-11-9-8-10-12-20/h8-18,23,26-27,29,32,34,36H,19H2,1-7H3,(H,33,35)/t23?,26?,27-,29?/m1/s1. The molecule has 1 aromatic heterocycles. The van der Waals surface area contributed by atoms with Crippen molar-refractivity contribution in [1.82, 2.24) is 10.6 Å². The van der Waals surface area contributed by atoms with Crippen LogP contribution in [0.25, 0.3) is 22.5 Å². The highest BCUT2D eigenvalue weighted by atomic mass is 16.6. The van der Waals surface area contributed by atoms with Gasteiger partial charge in [-0.25, -0.2) is 0 Å². The minimum Gasteiger partial charge on any atom is -0.460 e. The largest absolute Gasteiger partial charge is 0.460 e. The Morgan fingerprint density at radius 1 is 0.868 bits per heavy atom. The first-order valence-corrected chi connectivity index (χ1v) is 13.1. The molecule has 7 nitrogen and oxygen atoms in total. The molecule has 0 saturated carbocycles. The SMILES string of the molecule is CNC(O)[C@@H](NC(=O)C(CC(O)OC(C)(C)C)c1ccc(-c2ccc(-c3ccccc3)cc2)o1)C(C)(C)C. The van der Waals surface area contributed by atoms with E-state index in [4.69, 9.17) is 9.15 Å². The Labute approximate surface area is 226 Å². The van der Waals surface area contributed by atoms with Crippen molar-refractivity contribution in [2.24, 2.45) is 5.41 Å². The molecule has 1 heterocycles. The molecule has 3 aromatic rings. The highest BCUT2D eigenvalue weighted by Gasteiger charge is 2.36. The van der Waals surface area contributed by atoms with E-state index in [0.29, 0.717) is 11.5 Å². The smallest absolute Gasteiger partial charge is 0.231 e. The number of benzene rings is 2. The highest BCUT2D eigenvalue weighted by Crippen LogP contribution is 2.32.